The van der Waals surface area contributed by atoms with E-state index in [-0.39, 0.29) is 31.1 Å². The maximum absolute atomic E-state index is 12.8. The second-order valence-electron chi connectivity index (χ2n) is 20.4. The molecular formula is C58H112O6. The van der Waals surface area contributed by atoms with Crippen LogP contribution in [0.3, 0.4) is 0 Å². The summed E-state index contributed by atoms with van der Waals surface area (Å²) in [6.07, 6.45) is 56.6. The molecule has 0 aromatic heterocycles. The van der Waals surface area contributed by atoms with Crippen molar-refractivity contribution in [2.45, 2.75) is 336 Å². The van der Waals surface area contributed by atoms with Gasteiger partial charge in [0.15, 0.2) is 6.10 Å². The predicted molar refractivity (Wildman–Crippen MR) is 275 cm³/mol. The van der Waals surface area contributed by atoms with E-state index in [0.717, 1.165) is 63.7 Å². The molecule has 64 heavy (non-hydrogen) atoms. The third-order valence-electron chi connectivity index (χ3n) is 13.3. The largest absolute Gasteiger partial charge is 0.462 e. The Balaban J connectivity index is 4.24. The van der Waals surface area contributed by atoms with Gasteiger partial charge in [0.1, 0.15) is 13.2 Å². The third kappa shape index (κ3) is 51.4. The summed E-state index contributed by atoms with van der Waals surface area (Å²) in [5, 5.41) is 0. The molecule has 0 fully saturated rings. The molecule has 380 valence electrons. The second kappa shape index (κ2) is 52.4. The highest BCUT2D eigenvalue weighted by Gasteiger charge is 2.19. The Morgan fingerprint density at radius 2 is 0.516 bits per heavy atom. The Morgan fingerprint density at radius 3 is 0.766 bits per heavy atom. The second-order valence-corrected chi connectivity index (χ2v) is 20.4. The van der Waals surface area contributed by atoms with Crippen molar-refractivity contribution in [3.05, 3.63) is 0 Å². The molecule has 0 spiro atoms. The van der Waals surface area contributed by atoms with Gasteiger partial charge in [-0.2, -0.15) is 0 Å². The summed E-state index contributed by atoms with van der Waals surface area (Å²) in [5.41, 5.74) is 0. The van der Waals surface area contributed by atoms with Gasteiger partial charge in [0.05, 0.1) is 0 Å². The standard InChI is InChI=1S/C58H112O6/c1-5-7-9-11-13-15-17-25-30-34-38-42-46-50-57(60)63-53-55(52-62-56(59)49-45-41-37-33-29-18-16-14-12-10-8-6-2)64-58(61)51-47-43-39-35-31-27-24-22-20-19-21-23-26-28-32-36-40-44-48-54(3)4/h54-55H,5-53H2,1-4H3/t55-/m1/s1. The molecule has 0 aromatic carbocycles. The van der Waals surface area contributed by atoms with Crippen molar-refractivity contribution in [1.29, 1.82) is 0 Å². The van der Waals surface area contributed by atoms with Crippen LogP contribution < -0.4 is 0 Å². The van der Waals surface area contributed by atoms with E-state index < -0.39 is 6.10 Å². The summed E-state index contributed by atoms with van der Waals surface area (Å²) in [4.78, 5) is 38.1. The summed E-state index contributed by atoms with van der Waals surface area (Å²) in [5.74, 6) is 0.0223. The fourth-order valence-electron chi connectivity index (χ4n) is 8.92. The minimum Gasteiger partial charge on any atom is -0.462 e. The molecule has 0 saturated heterocycles. The minimum absolute atomic E-state index is 0.0618. The number of unbranched alkanes of at least 4 members (excludes halogenated alkanes) is 40. The lowest BCUT2D eigenvalue weighted by Crippen LogP contribution is -2.30. The van der Waals surface area contributed by atoms with Crippen LogP contribution in [0.1, 0.15) is 329 Å². The fraction of sp³-hybridized carbons (Fsp3) is 0.948. The Bertz CT molecular complexity index is 964. The zero-order valence-corrected chi connectivity index (χ0v) is 43.8. The van der Waals surface area contributed by atoms with Crippen LogP contribution in [0.4, 0.5) is 0 Å². The number of rotatable bonds is 53. The third-order valence-corrected chi connectivity index (χ3v) is 13.3. The average Bonchev–Trinajstić information content (AvgIpc) is 3.28. The minimum atomic E-state index is -0.761. The molecule has 0 saturated carbocycles. The lowest BCUT2D eigenvalue weighted by atomic mass is 10.0. The van der Waals surface area contributed by atoms with Crippen LogP contribution in [0.2, 0.25) is 0 Å². The molecule has 0 rings (SSSR count). The summed E-state index contributed by atoms with van der Waals surface area (Å²) in [6, 6.07) is 0. The maximum atomic E-state index is 12.8. The lowest BCUT2D eigenvalue weighted by Gasteiger charge is -2.18. The average molecular weight is 906 g/mol. The van der Waals surface area contributed by atoms with Crippen LogP contribution in [0.15, 0.2) is 0 Å². The molecule has 0 aromatic rings. The molecule has 0 aliphatic carbocycles. The van der Waals surface area contributed by atoms with Gasteiger partial charge in [-0.25, -0.2) is 0 Å². The Hall–Kier alpha value is -1.59. The van der Waals surface area contributed by atoms with Gasteiger partial charge in [0.2, 0.25) is 0 Å². The first kappa shape index (κ1) is 62.4. The highest BCUT2D eigenvalue weighted by molar-refractivity contribution is 5.71. The number of carbonyl (C=O) groups is 3. The molecule has 6 nitrogen and oxygen atoms in total. The molecule has 1 atom stereocenters. The van der Waals surface area contributed by atoms with Gasteiger partial charge in [-0.3, -0.25) is 14.4 Å². The first-order chi connectivity index (χ1) is 31.4. The summed E-state index contributed by atoms with van der Waals surface area (Å²) >= 11 is 0. The van der Waals surface area contributed by atoms with Crippen LogP contribution in [0.25, 0.3) is 0 Å². The number of esters is 3. The topological polar surface area (TPSA) is 78.9 Å². The Morgan fingerprint density at radius 1 is 0.297 bits per heavy atom. The smallest absolute Gasteiger partial charge is 0.306 e. The van der Waals surface area contributed by atoms with Crippen LogP contribution in [-0.2, 0) is 28.6 Å². The lowest BCUT2D eigenvalue weighted by molar-refractivity contribution is -0.167. The predicted octanol–water partition coefficient (Wildman–Crippen LogP) is 19.0. The molecule has 0 unspecified atom stereocenters. The first-order valence-electron chi connectivity index (χ1n) is 28.9. The summed E-state index contributed by atoms with van der Waals surface area (Å²) in [6.45, 7) is 9.07. The van der Waals surface area contributed by atoms with Crippen LogP contribution in [0.5, 0.6) is 0 Å². The first-order valence-corrected chi connectivity index (χ1v) is 28.9. The van der Waals surface area contributed by atoms with E-state index in [0.29, 0.717) is 19.3 Å². The number of carbonyl (C=O) groups excluding carboxylic acids is 3. The summed E-state index contributed by atoms with van der Waals surface area (Å²) < 4.78 is 16.9. The number of hydrogen-bond donors (Lipinski definition) is 0. The van der Waals surface area contributed by atoms with Crippen molar-refractivity contribution >= 4 is 17.9 Å². The Kier molecular flexibility index (Phi) is 51.1. The van der Waals surface area contributed by atoms with Crippen molar-refractivity contribution in [2.24, 2.45) is 5.92 Å². The van der Waals surface area contributed by atoms with Crippen molar-refractivity contribution < 1.29 is 28.6 Å². The van der Waals surface area contributed by atoms with E-state index in [4.69, 9.17) is 14.2 Å². The molecule has 0 radical (unpaired) electrons. The van der Waals surface area contributed by atoms with E-state index in [9.17, 15) is 14.4 Å². The molecule has 0 bridgehead atoms. The monoisotopic (exact) mass is 905 g/mol. The van der Waals surface area contributed by atoms with Crippen molar-refractivity contribution in [2.75, 3.05) is 13.2 Å². The van der Waals surface area contributed by atoms with Crippen LogP contribution in [0, 0.1) is 5.92 Å². The van der Waals surface area contributed by atoms with Gasteiger partial charge >= 0.3 is 17.9 Å². The van der Waals surface area contributed by atoms with Gasteiger partial charge in [-0.1, -0.05) is 291 Å². The van der Waals surface area contributed by atoms with Gasteiger partial charge in [0, 0.05) is 19.3 Å². The molecule has 0 N–H and O–H groups in total. The van der Waals surface area contributed by atoms with Crippen molar-refractivity contribution in [1.82, 2.24) is 0 Å². The number of ether oxygens (including phenoxy) is 3. The number of hydrogen-bond acceptors (Lipinski definition) is 6. The van der Waals surface area contributed by atoms with E-state index in [1.54, 1.807) is 0 Å². The van der Waals surface area contributed by atoms with E-state index >= 15 is 0 Å². The van der Waals surface area contributed by atoms with E-state index in [2.05, 4.69) is 27.7 Å². The zero-order valence-electron chi connectivity index (χ0n) is 43.8. The van der Waals surface area contributed by atoms with Gasteiger partial charge in [0.25, 0.3) is 0 Å². The van der Waals surface area contributed by atoms with Gasteiger partial charge in [-0.15, -0.1) is 0 Å². The fourth-order valence-corrected chi connectivity index (χ4v) is 8.92. The SMILES string of the molecule is CCCCCCCCCCCCCCCC(=O)OC[C@@H](COC(=O)CCCCCCCCCCCCCC)OC(=O)CCCCCCCCCCCCCCCCCCCCC(C)C. The highest BCUT2D eigenvalue weighted by Crippen LogP contribution is 2.18. The molecule has 0 aliphatic rings. The quantitative estimate of drug-likeness (QED) is 0.0344. The molecule has 0 aliphatic heterocycles. The van der Waals surface area contributed by atoms with E-state index in [1.807, 2.05) is 0 Å². The normalized spacial score (nSPS) is 12.0. The molecule has 0 heterocycles. The Labute approximate surface area is 399 Å². The molecular weight excluding hydrogens is 793 g/mol. The van der Waals surface area contributed by atoms with Gasteiger partial charge < -0.3 is 14.2 Å². The zero-order chi connectivity index (χ0) is 46.7. The van der Waals surface area contributed by atoms with Crippen molar-refractivity contribution in [3.63, 3.8) is 0 Å². The maximum Gasteiger partial charge on any atom is 0.306 e. The van der Waals surface area contributed by atoms with E-state index in [1.165, 1.54) is 225 Å². The van der Waals surface area contributed by atoms with Crippen LogP contribution in [-0.4, -0.2) is 37.2 Å². The molecule has 0 amide bonds. The highest BCUT2D eigenvalue weighted by atomic mass is 16.6. The van der Waals surface area contributed by atoms with Crippen molar-refractivity contribution in [3.8, 4) is 0 Å². The van der Waals surface area contributed by atoms with Gasteiger partial charge in [-0.05, 0) is 25.2 Å². The van der Waals surface area contributed by atoms with Crippen LogP contribution >= 0.6 is 0 Å². The molecule has 6 heteroatoms. The summed E-state index contributed by atoms with van der Waals surface area (Å²) in [7, 11) is 0.